The van der Waals surface area contributed by atoms with Crippen LogP contribution in [0, 0.1) is 0 Å². The fourth-order valence-electron chi connectivity index (χ4n) is 1.10. The first kappa shape index (κ1) is 10.6. The predicted molar refractivity (Wildman–Crippen MR) is 57.0 cm³/mol. The third-order valence-electron chi connectivity index (χ3n) is 1.74. The molecule has 5 nitrogen and oxygen atoms in total. The van der Waals surface area contributed by atoms with Gasteiger partial charge in [0, 0.05) is 32.0 Å². The molecule has 5 heteroatoms. The van der Waals surface area contributed by atoms with Crippen molar-refractivity contribution >= 4 is 5.96 Å². The van der Waals surface area contributed by atoms with Gasteiger partial charge >= 0.3 is 0 Å². The molecule has 1 aromatic heterocycles. The predicted octanol–water partition coefficient (Wildman–Crippen LogP) is 0.197. The highest BCUT2D eigenvalue weighted by molar-refractivity contribution is 5.77. The van der Waals surface area contributed by atoms with Crippen molar-refractivity contribution in [2.75, 3.05) is 13.1 Å². The Kier molecular flexibility index (Phi) is 4.54. The highest BCUT2D eigenvalue weighted by atomic mass is 15.3. The van der Waals surface area contributed by atoms with Crippen LogP contribution < -0.4 is 11.1 Å². The molecule has 0 aliphatic carbocycles. The summed E-state index contributed by atoms with van der Waals surface area (Å²) in [5.74, 6) is 0.521. The average molecular weight is 195 g/mol. The summed E-state index contributed by atoms with van der Waals surface area (Å²) in [7, 11) is 0. The summed E-state index contributed by atoms with van der Waals surface area (Å²) in [6.07, 6.45) is 4.67. The van der Waals surface area contributed by atoms with E-state index in [9.17, 15) is 0 Å². The zero-order valence-corrected chi connectivity index (χ0v) is 8.48. The van der Waals surface area contributed by atoms with Crippen molar-refractivity contribution in [1.29, 1.82) is 0 Å². The van der Waals surface area contributed by atoms with Gasteiger partial charge in [0.05, 0.1) is 0 Å². The van der Waals surface area contributed by atoms with Gasteiger partial charge in [0.15, 0.2) is 5.96 Å². The molecule has 0 aliphatic rings. The number of hydrogen-bond donors (Lipinski definition) is 2. The van der Waals surface area contributed by atoms with Crippen molar-refractivity contribution in [3.8, 4) is 0 Å². The molecule has 0 radical (unpaired) electrons. The van der Waals surface area contributed by atoms with Crippen molar-refractivity contribution in [1.82, 2.24) is 15.1 Å². The van der Waals surface area contributed by atoms with Crippen molar-refractivity contribution in [2.24, 2.45) is 10.7 Å². The van der Waals surface area contributed by atoms with E-state index in [0.29, 0.717) is 5.96 Å². The Hall–Kier alpha value is -1.52. The molecule has 0 fully saturated rings. The normalized spacial score (nSPS) is 11.6. The van der Waals surface area contributed by atoms with E-state index in [1.807, 2.05) is 23.9 Å². The Balaban J connectivity index is 2.13. The number of guanidine groups is 1. The molecule has 0 atom stereocenters. The van der Waals surface area contributed by atoms with Crippen LogP contribution in [0.4, 0.5) is 0 Å². The van der Waals surface area contributed by atoms with E-state index in [4.69, 9.17) is 5.73 Å². The number of nitrogens with two attached hydrogens (primary N) is 1. The summed E-state index contributed by atoms with van der Waals surface area (Å²) in [5, 5.41) is 7.04. The average Bonchev–Trinajstić information content (AvgIpc) is 2.65. The second-order valence-corrected chi connectivity index (χ2v) is 2.92. The first-order chi connectivity index (χ1) is 6.83. The molecule has 14 heavy (non-hydrogen) atoms. The van der Waals surface area contributed by atoms with E-state index >= 15 is 0 Å². The SMILES string of the molecule is CCNC(N)=NCCCn1cccn1. The van der Waals surface area contributed by atoms with Gasteiger partial charge in [-0.25, -0.2) is 0 Å². The van der Waals surface area contributed by atoms with Gasteiger partial charge < -0.3 is 11.1 Å². The number of aliphatic imine (C=N–C) groups is 1. The number of nitrogens with zero attached hydrogens (tertiary/aromatic N) is 3. The van der Waals surface area contributed by atoms with Crippen molar-refractivity contribution in [2.45, 2.75) is 19.9 Å². The molecule has 1 aromatic rings. The van der Waals surface area contributed by atoms with Crippen molar-refractivity contribution < 1.29 is 0 Å². The van der Waals surface area contributed by atoms with Crippen molar-refractivity contribution in [3.05, 3.63) is 18.5 Å². The Morgan fingerprint density at radius 3 is 3.14 bits per heavy atom. The second-order valence-electron chi connectivity index (χ2n) is 2.92. The van der Waals surface area contributed by atoms with Gasteiger partial charge in [-0.15, -0.1) is 0 Å². The van der Waals surface area contributed by atoms with Gasteiger partial charge in [0.25, 0.3) is 0 Å². The van der Waals surface area contributed by atoms with Gasteiger partial charge in [0.1, 0.15) is 0 Å². The largest absolute Gasteiger partial charge is 0.370 e. The number of nitrogens with one attached hydrogen (secondary N) is 1. The lowest BCUT2D eigenvalue weighted by Gasteiger charge is -2.02. The number of rotatable bonds is 5. The van der Waals surface area contributed by atoms with Crippen LogP contribution >= 0.6 is 0 Å². The van der Waals surface area contributed by atoms with Gasteiger partial charge in [-0.3, -0.25) is 9.67 Å². The minimum Gasteiger partial charge on any atom is -0.370 e. The molecule has 0 bridgehead atoms. The molecule has 0 aromatic carbocycles. The molecule has 0 saturated heterocycles. The van der Waals surface area contributed by atoms with Crippen molar-refractivity contribution in [3.63, 3.8) is 0 Å². The fourth-order valence-corrected chi connectivity index (χ4v) is 1.10. The summed E-state index contributed by atoms with van der Waals surface area (Å²) in [6.45, 7) is 4.43. The summed E-state index contributed by atoms with van der Waals surface area (Å²) < 4.78 is 1.89. The minimum absolute atomic E-state index is 0.521. The van der Waals surface area contributed by atoms with Crippen LogP contribution in [0.2, 0.25) is 0 Å². The summed E-state index contributed by atoms with van der Waals surface area (Å²) in [4.78, 5) is 4.16. The van der Waals surface area contributed by atoms with E-state index in [1.165, 1.54) is 0 Å². The lowest BCUT2D eigenvalue weighted by Crippen LogP contribution is -2.31. The molecular weight excluding hydrogens is 178 g/mol. The Bertz CT molecular complexity index is 265. The number of hydrogen-bond acceptors (Lipinski definition) is 2. The summed E-state index contributed by atoms with van der Waals surface area (Å²) in [6, 6.07) is 1.91. The monoisotopic (exact) mass is 195 g/mol. The van der Waals surface area contributed by atoms with Gasteiger partial charge in [0.2, 0.25) is 0 Å². The van der Waals surface area contributed by atoms with Gasteiger partial charge in [-0.05, 0) is 19.4 Å². The zero-order valence-electron chi connectivity index (χ0n) is 8.48. The first-order valence-electron chi connectivity index (χ1n) is 4.84. The van der Waals surface area contributed by atoms with Crippen LogP contribution in [0.5, 0.6) is 0 Å². The number of aryl methyl sites for hydroxylation is 1. The standard InChI is InChI=1S/C9H17N5/c1-2-11-9(10)12-5-3-7-14-8-4-6-13-14/h4,6,8H,2-3,5,7H2,1H3,(H3,10,11,12). The molecular formula is C9H17N5. The van der Waals surface area contributed by atoms with E-state index < -0.39 is 0 Å². The lowest BCUT2D eigenvalue weighted by atomic mass is 10.4. The molecule has 0 saturated carbocycles. The molecule has 3 N–H and O–H groups in total. The number of aromatic nitrogens is 2. The first-order valence-corrected chi connectivity index (χ1v) is 4.84. The fraction of sp³-hybridized carbons (Fsp3) is 0.556. The quantitative estimate of drug-likeness (QED) is 0.400. The Morgan fingerprint density at radius 2 is 2.50 bits per heavy atom. The minimum atomic E-state index is 0.521. The van der Waals surface area contributed by atoms with E-state index in [1.54, 1.807) is 6.20 Å². The third kappa shape index (κ3) is 3.93. The highest BCUT2D eigenvalue weighted by Gasteiger charge is 1.90. The van der Waals surface area contributed by atoms with Crippen LogP contribution in [0.3, 0.4) is 0 Å². The molecule has 0 aliphatic heterocycles. The van der Waals surface area contributed by atoms with Crippen LogP contribution in [0.15, 0.2) is 23.5 Å². The molecule has 1 rings (SSSR count). The molecule has 0 amide bonds. The Morgan fingerprint density at radius 1 is 1.64 bits per heavy atom. The van der Waals surface area contributed by atoms with Crippen LogP contribution in [0.25, 0.3) is 0 Å². The molecule has 1 heterocycles. The van der Waals surface area contributed by atoms with E-state index in [-0.39, 0.29) is 0 Å². The lowest BCUT2D eigenvalue weighted by molar-refractivity contribution is 0.584. The molecule has 0 unspecified atom stereocenters. The van der Waals surface area contributed by atoms with Gasteiger partial charge in [-0.2, -0.15) is 5.10 Å². The Labute approximate surface area is 84.0 Å². The van der Waals surface area contributed by atoms with Gasteiger partial charge in [-0.1, -0.05) is 0 Å². The summed E-state index contributed by atoms with van der Waals surface area (Å²) in [5.41, 5.74) is 5.56. The van der Waals surface area contributed by atoms with E-state index in [0.717, 1.165) is 26.1 Å². The van der Waals surface area contributed by atoms with Crippen LogP contribution in [-0.2, 0) is 6.54 Å². The maximum atomic E-state index is 5.56. The van der Waals surface area contributed by atoms with E-state index in [2.05, 4.69) is 15.4 Å². The summed E-state index contributed by atoms with van der Waals surface area (Å²) >= 11 is 0. The topological polar surface area (TPSA) is 68.2 Å². The smallest absolute Gasteiger partial charge is 0.188 e. The molecule has 0 spiro atoms. The highest BCUT2D eigenvalue weighted by Crippen LogP contribution is 1.89. The maximum Gasteiger partial charge on any atom is 0.188 e. The molecule has 78 valence electrons. The maximum absolute atomic E-state index is 5.56. The zero-order chi connectivity index (χ0) is 10.2. The second kappa shape index (κ2) is 6.01. The van der Waals surface area contributed by atoms with Crippen LogP contribution in [0.1, 0.15) is 13.3 Å². The third-order valence-corrected chi connectivity index (χ3v) is 1.74. The van der Waals surface area contributed by atoms with Crippen LogP contribution in [-0.4, -0.2) is 28.8 Å².